The first-order valence-corrected chi connectivity index (χ1v) is 7.14. The molecule has 22 heavy (non-hydrogen) atoms. The standard InChI is InChI=1S/C19H13N3/c1-2-8-16-14(6-1)10-11-17(22-16)15-7-5-13-21-19(15)18-9-3-4-12-20-18/h1-13H. The topological polar surface area (TPSA) is 38.7 Å². The van der Waals surface area contributed by atoms with Crippen molar-refractivity contribution in [3.05, 3.63) is 79.1 Å². The van der Waals surface area contributed by atoms with Crippen molar-refractivity contribution in [3.8, 4) is 22.6 Å². The molecule has 0 saturated carbocycles. The van der Waals surface area contributed by atoms with Crippen LogP contribution in [0.1, 0.15) is 0 Å². The number of hydrogen-bond acceptors (Lipinski definition) is 3. The molecule has 3 nitrogen and oxygen atoms in total. The Balaban J connectivity index is 1.92. The van der Waals surface area contributed by atoms with Crippen LogP contribution in [0, 0.1) is 0 Å². The summed E-state index contributed by atoms with van der Waals surface area (Å²) in [5, 5.41) is 1.13. The summed E-state index contributed by atoms with van der Waals surface area (Å²) in [7, 11) is 0. The molecule has 4 aromatic rings. The highest BCUT2D eigenvalue weighted by molar-refractivity contribution is 5.84. The molecule has 0 spiro atoms. The molecule has 0 bridgehead atoms. The zero-order valence-corrected chi connectivity index (χ0v) is 11.8. The number of fused-ring (bicyclic) bond motifs is 1. The van der Waals surface area contributed by atoms with Gasteiger partial charge in [0.15, 0.2) is 0 Å². The maximum atomic E-state index is 4.76. The van der Waals surface area contributed by atoms with Gasteiger partial charge in [-0.15, -0.1) is 0 Å². The highest BCUT2D eigenvalue weighted by Crippen LogP contribution is 2.28. The van der Waals surface area contributed by atoms with Gasteiger partial charge in [-0.2, -0.15) is 0 Å². The van der Waals surface area contributed by atoms with Crippen LogP contribution in [0.2, 0.25) is 0 Å². The number of hydrogen-bond donors (Lipinski definition) is 0. The van der Waals surface area contributed by atoms with E-state index in [0.29, 0.717) is 0 Å². The number of rotatable bonds is 2. The average molecular weight is 283 g/mol. The van der Waals surface area contributed by atoms with Crippen LogP contribution in [0.3, 0.4) is 0 Å². The quantitative estimate of drug-likeness (QED) is 0.548. The normalized spacial score (nSPS) is 10.7. The van der Waals surface area contributed by atoms with Crippen molar-refractivity contribution >= 4 is 10.9 Å². The summed E-state index contributed by atoms with van der Waals surface area (Å²) in [5.74, 6) is 0. The first-order valence-electron chi connectivity index (χ1n) is 7.14. The van der Waals surface area contributed by atoms with Crippen molar-refractivity contribution in [2.75, 3.05) is 0 Å². The van der Waals surface area contributed by atoms with E-state index in [0.717, 1.165) is 33.5 Å². The Kier molecular flexibility index (Phi) is 3.09. The van der Waals surface area contributed by atoms with Crippen LogP contribution in [-0.2, 0) is 0 Å². The van der Waals surface area contributed by atoms with Crippen molar-refractivity contribution in [3.63, 3.8) is 0 Å². The minimum Gasteiger partial charge on any atom is -0.255 e. The van der Waals surface area contributed by atoms with Gasteiger partial charge in [-0.25, -0.2) is 4.98 Å². The maximum absolute atomic E-state index is 4.76. The van der Waals surface area contributed by atoms with E-state index in [9.17, 15) is 0 Å². The molecule has 0 amide bonds. The number of aromatic nitrogens is 3. The molecule has 0 atom stereocenters. The van der Waals surface area contributed by atoms with Gasteiger partial charge in [0.1, 0.15) is 0 Å². The van der Waals surface area contributed by atoms with Gasteiger partial charge in [-0.05, 0) is 36.4 Å². The summed E-state index contributed by atoms with van der Waals surface area (Å²) in [6.45, 7) is 0. The van der Waals surface area contributed by atoms with Gasteiger partial charge in [0.25, 0.3) is 0 Å². The molecule has 1 aromatic carbocycles. The number of benzene rings is 1. The van der Waals surface area contributed by atoms with Crippen LogP contribution in [0.25, 0.3) is 33.5 Å². The highest BCUT2D eigenvalue weighted by Gasteiger charge is 2.10. The largest absolute Gasteiger partial charge is 0.255 e. The Morgan fingerprint density at radius 1 is 0.591 bits per heavy atom. The van der Waals surface area contributed by atoms with Crippen LogP contribution >= 0.6 is 0 Å². The molecular formula is C19H13N3. The third-order valence-electron chi connectivity index (χ3n) is 3.59. The first kappa shape index (κ1) is 12.7. The summed E-state index contributed by atoms with van der Waals surface area (Å²) >= 11 is 0. The summed E-state index contributed by atoms with van der Waals surface area (Å²) in [6.07, 6.45) is 3.57. The lowest BCUT2D eigenvalue weighted by Crippen LogP contribution is -1.93. The maximum Gasteiger partial charge on any atom is 0.0980 e. The molecule has 3 heteroatoms. The van der Waals surface area contributed by atoms with E-state index in [1.807, 2.05) is 54.6 Å². The van der Waals surface area contributed by atoms with Crippen LogP contribution in [0.5, 0.6) is 0 Å². The molecule has 3 heterocycles. The first-order chi connectivity index (χ1) is 10.9. The number of pyridine rings is 3. The van der Waals surface area contributed by atoms with Crippen LogP contribution < -0.4 is 0 Å². The predicted molar refractivity (Wildman–Crippen MR) is 88.2 cm³/mol. The highest BCUT2D eigenvalue weighted by atomic mass is 14.8. The lowest BCUT2D eigenvalue weighted by Gasteiger charge is -2.08. The monoisotopic (exact) mass is 283 g/mol. The Morgan fingerprint density at radius 3 is 2.36 bits per heavy atom. The van der Waals surface area contributed by atoms with Gasteiger partial charge < -0.3 is 0 Å². The van der Waals surface area contributed by atoms with Crippen LogP contribution in [0.15, 0.2) is 79.1 Å². The fourth-order valence-corrected chi connectivity index (χ4v) is 2.53. The van der Waals surface area contributed by atoms with E-state index in [-0.39, 0.29) is 0 Å². The van der Waals surface area contributed by atoms with E-state index >= 15 is 0 Å². The predicted octanol–water partition coefficient (Wildman–Crippen LogP) is 4.36. The molecular weight excluding hydrogens is 270 g/mol. The third kappa shape index (κ3) is 2.23. The van der Waals surface area contributed by atoms with Gasteiger partial charge in [0, 0.05) is 23.3 Å². The van der Waals surface area contributed by atoms with E-state index in [1.54, 1.807) is 12.4 Å². The molecule has 0 N–H and O–H groups in total. The van der Waals surface area contributed by atoms with E-state index in [1.165, 1.54) is 0 Å². The molecule has 0 fully saturated rings. The van der Waals surface area contributed by atoms with E-state index in [2.05, 4.69) is 22.1 Å². The Labute approximate surface area is 128 Å². The van der Waals surface area contributed by atoms with Crippen LogP contribution in [-0.4, -0.2) is 15.0 Å². The zero-order chi connectivity index (χ0) is 14.8. The van der Waals surface area contributed by atoms with E-state index in [4.69, 9.17) is 4.98 Å². The van der Waals surface area contributed by atoms with Crippen molar-refractivity contribution in [2.24, 2.45) is 0 Å². The Bertz CT molecular complexity index is 933. The molecule has 0 aliphatic heterocycles. The molecule has 4 rings (SSSR count). The van der Waals surface area contributed by atoms with Gasteiger partial charge in [-0.3, -0.25) is 9.97 Å². The smallest absolute Gasteiger partial charge is 0.0980 e. The van der Waals surface area contributed by atoms with Gasteiger partial charge in [0.05, 0.1) is 22.6 Å². The molecule has 0 radical (unpaired) electrons. The minimum absolute atomic E-state index is 0.853. The molecule has 104 valence electrons. The second-order valence-corrected chi connectivity index (χ2v) is 5.00. The lowest BCUT2D eigenvalue weighted by atomic mass is 10.1. The van der Waals surface area contributed by atoms with Gasteiger partial charge in [-0.1, -0.05) is 30.3 Å². The minimum atomic E-state index is 0.853. The SMILES string of the molecule is c1ccc(-c2ncccc2-c2ccc3ccccc3n2)nc1. The fourth-order valence-electron chi connectivity index (χ4n) is 2.53. The molecule has 0 unspecified atom stereocenters. The van der Waals surface area contributed by atoms with Crippen LogP contribution in [0.4, 0.5) is 0 Å². The van der Waals surface area contributed by atoms with Crippen molar-refractivity contribution in [1.82, 2.24) is 15.0 Å². The lowest BCUT2D eigenvalue weighted by molar-refractivity contribution is 1.24. The van der Waals surface area contributed by atoms with Crippen molar-refractivity contribution in [2.45, 2.75) is 0 Å². The zero-order valence-electron chi connectivity index (χ0n) is 11.8. The second-order valence-electron chi connectivity index (χ2n) is 5.00. The third-order valence-corrected chi connectivity index (χ3v) is 3.59. The van der Waals surface area contributed by atoms with E-state index < -0.39 is 0 Å². The van der Waals surface area contributed by atoms with Gasteiger partial charge in [0.2, 0.25) is 0 Å². The second kappa shape index (κ2) is 5.37. The van der Waals surface area contributed by atoms with Crippen molar-refractivity contribution in [1.29, 1.82) is 0 Å². The average Bonchev–Trinajstić information content (AvgIpc) is 2.62. The Morgan fingerprint density at radius 2 is 1.45 bits per heavy atom. The number of nitrogens with zero attached hydrogens (tertiary/aromatic N) is 3. The molecule has 0 saturated heterocycles. The summed E-state index contributed by atoms with van der Waals surface area (Å²) in [4.78, 5) is 13.7. The number of para-hydroxylation sites is 1. The molecule has 3 aromatic heterocycles. The summed E-state index contributed by atoms with van der Waals surface area (Å²) in [5.41, 5.74) is 4.59. The van der Waals surface area contributed by atoms with Crippen molar-refractivity contribution < 1.29 is 0 Å². The Hall–Kier alpha value is -3.07. The summed E-state index contributed by atoms with van der Waals surface area (Å²) < 4.78 is 0. The molecule has 0 aliphatic rings. The molecule has 0 aliphatic carbocycles. The summed E-state index contributed by atoms with van der Waals surface area (Å²) in [6, 6.07) is 22.0. The fraction of sp³-hybridized carbons (Fsp3) is 0. The van der Waals surface area contributed by atoms with Gasteiger partial charge >= 0.3 is 0 Å².